The van der Waals surface area contributed by atoms with Gasteiger partial charge in [-0.25, -0.2) is 4.98 Å². The highest BCUT2D eigenvalue weighted by atomic mass is 32.1. The normalized spacial score (nSPS) is 10.7. The first kappa shape index (κ1) is 15.5. The molecule has 0 aliphatic carbocycles. The molecule has 0 atom stereocenters. The lowest BCUT2D eigenvalue weighted by Crippen LogP contribution is -2.15. The standard InChI is InChI=1S/C20H15N3OS/c24-18(23-17-10-4-8-14-9-5-11-21-19(14)17)12-16-13-25-20(22-16)15-6-2-1-3-7-15/h1-11,13H,12H2,(H,23,24). The van der Waals surface area contributed by atoms with Crippen LogP contribution in [0, 0.1) is 0 Å². The van der Waals surface area contributed by atoms with E-state index in [1.807, 2.05) is 66.0 Å². The van der Waals surface area contributed by atoms with Crippen molar-refractivity contribution in [3.8, 4) is 10.6 Å². The van der Waals surface area contributed by atoms with E-state index in [0.29, 0.717) is 0 Å². The molecule has 122 valence electrons. The van der Waals surface area contributed by atoms with Gasteiger partial charge in [-0.1, -0.05) is 48.5 Å². The summed E-state index contributed by atoms with van der Waals surface area (Å²) < 4.78 is 0. The van der Waals surface area contributed by atoms with E-state index < -0.39 is 0 Å². The SMILES string of the molecule is O=C(Cc1csc(-c2ccccc2)n1)Nc1cccc2cccnc12. The van der Waals surface area contributed by atoms with Crippen molar-refractivity contribution in [2.24, 2.45) is 0 Å². The van der Waals surface area contributed by atoms with Gasteiger partial charge in [0.25, 0.3) is 0 Å². The molecule has 0 spiro atoms. The van der Waals surface area contributed by atoms with Gasteiger partial charge in [0.05, 0.1) is 23.3 Å². The van der Waals surface area contributed by atoms with Crippen LogP contribution in [0.3, 0.4) is 0 Å². The number of fused-ring (bicyclic) bond motifs is 1. The van der Waals surface area contributed by atoms with Gasteiger partial charge >= 0.3 is 0 Å². The number of hydrogen-bond donors (Lipinski definition) is 1. The van der Waals surface area contributed by atoms with Crippen molar-refractivity contribution < 1.29 is 4.79 Å². The Labute approximate surface area is 149 Å². The minimum absolute atomic E-state index is 0.0944. The molecule has 4 rings (SSSR count). The Balaban J connectivity index is 1.50. The average Bonchev–Trinajstić information content (AvgIpc) is 3.11. The van der Waals surface area contributed by atoms with Crippen molar-refractivity contribution in [1.29, 1.82) is 0 Å². The van der Waals surface area contributed by atoms with Crippen LogP contribution in [0.15, 0.2) is 72.2 Å². The number of nitrogens with zero attached hydrogens (tertiary/aromatic N) is 2. The maximum Gasteiger partial charge on any atom is 0.230 e. The molecule has 0 fully saturated rings. The molecule has 1 amide bonds. The highest BCUT2D eigenvalue weighted by molar-refractivity contribution is 7.13. The van der Waals surface area contributed by atoms with Crippen LogP contribution in [0.2, 0.25) is 0 Å². The first-order valence-corrected chi connectivity index (χ1v) is 8.81. The Morgan fingerprint density at radius 2 is 1.84 bits per heavy atom. The van der Waals surface area contributed by atoms with Crippen LogP contribution in [0.25, 0.3) is 21.5 Å². The number of aromatic nitrogens is 2. The highest BCUT2D eigenvalue weighted by Crippen LogP contribution is 2.24. The Bertz CT molecular complexity index is 1020. The predicted octanol–water partition coefficient (Wildman–Crippen LogP) is 4.54. The van der Waals surface area contributed by atoms with Gasteiger partial charge in [-0.05, 0) is 12.1 Å². The van der Waals surface area contributed by atoms with E-state index in [9.17, 15) is 4.79 Å². The second-order valence-corrected chi connectivity index (χ2v) is 6.47. The zero-order valence-electron chi connectivity index (χ0n) is 13.3. The fraction of sp³-hybridized carbons (Fsp3) is 0.0500. The molecule has 0 aliphatic rings. The van der Waals surface area contributed by atoms with Gasteiger partial charge in [0.15, 0.2) is 0 Å². The number of benzene rings is 2. The fourth-order valence-electron chi connectivity index (χ4n) is 2.67. The molecule has 4 aromatic rings. The monoisotopic (exact) mass is 345 g/mol. The van der Waals surface area contributed by atoms with E-state index in [-0.39, 0.29) is 12.3 Å². The lowest BCUT2D eigenvalue weighted by molar-refractivity contribution is -0.115. The van der Waals surface area contributed by atoms with E-state index >= 15 is 0 Å². The van der Waals surface area contributed by atoms with Gasteiger partial charge < -0.3 is 5.32 Å². The van der Waals surface area contributed by atoms with Crippen molar-refractivity contribution in [3.63, 3.8) is 0 Å². The van der Waals surface area contributed by atoms with Crippen molar-refractivity contribution in [2.45, 2.75) is 6.42 Å². The summed E-state index contributed by atoms with van der Waals surface area (Å²) >= 11 is 1.55. The Hall–Kier alpha value is -3.05. The van der Waals surface area contributed by atoms with E-state index in [0.717, 1.165) is 32.9 Å². The third-order valence-electron chi connectivity index (χ3n) is 3.82. The molecule has 0 unspecified atom stereocenters. The largest absolute Gasteiger partial charge is 0.324 e. The molecule has 2 aromatic carbocycles. The van der Waals surface area contributed by atoms with Crippen molar-refractivity contribution in [1.82, 2.24) is 9.97 Å². The highest BCUT2D eigenvalue weighted by Gasteiger charge is 2.11. The van der Waals surface area contributed by atoms with Crippen LogP contribution in [0.1, 0.15) is 5.69 Å². The van der Waals surface area contributed by atoms with Crippen molar-refractivity contribution in [2.75, 3.05) is 5.32 Å². The number of carbonyl (C=O) groups excluding carboxylic acids is 1. The summed E-state index contributed by atoms with van der Waals surface area (Å²) in [5.41, 5.74) is 3.36. The fourth-order valence-corrected chi connectivity index (χ4v) is 3.49. The molecule has 0 bridgehead atoms. The lowest BCUT2D eigenvalue weighted by Gasteiger charge is -2.07. The molecule has 2 aromatic heterocycles. The maximum absolute atomic E-state index is 12.4. The number of para-hydroxylation sites is 1. The number of hydrogen-bond acceptors (Lipinski definition) is 4. The molecule has 5 heteroatoms. The molecular formula is C20H15N3OS. The van der Waals surface area contributed by atoms with Crippen LogP contribution in [0.5, 0.6) is 0 Å². The third-order valence-corrected chi connectivity index (χ3v) is 4.76. The molecule has 0 saturated carbocycles. The number of carbonyl (C=O) groups is 1. The second-order valence-electron chi connectivity index (χ2n) is 5.62. The Morgan fingerprint density at radius 1 is 1.00 bits per heavy atom. The molecule has 2 heterocycles. The molecule has 0 saturated heterocycles. The molecule has 0 radical (unpaired) electrons. The van der Waals surface area contributed by atoms with Crippen LogP contribution in [-0.4, -0.2) is 15.9 Å². The average molecular weight is 345 g/mol. The summed E-state index contributed by atoms with van der Waals surface area (Å²) in [6.07, 6.45) is 1.97. The van der Waals surface area contributed by atoms with Crippen LogP contribution >= 0.6 is 11.3 Å². The summed E-state index contributed by atoms with van der Waals surface area (Å²) in [4.78, 5) is 21.3. The van der Waals surface area contributed by atoms with E-state index in [1.54, 1.807) is 17.5 Å². The number of pyridine rings is 1. The van der Waals surface area contributed by atoms with Crippen LogP contribution in [0.4, 0.5) is 5.69 Å². The molecule has 25 heavy (non-hydrogen) atoms. The Morgan fingerprint density at radius 3 is 2.72 bits per heavy atom. The van der Waals surface area contributed by atoms with E-state index in [4.69, 9.17) is 0 Å². The molecule has 4 nitrogen and oxygen atoms in total. The number of anilines is 1. The second kappa shape index (κ2) is 6.83. The quantitative estimate of drug-likeness (QED) is 0.591. The first-order valence-electron chi connectivity index (χ1n) is 7.93. The summed E-state index contributed by atoms with van der Waals surface area (Å²) in [7, 11) is 0. The summed E-state index contributed by atoms with van der Waals surface area (Å²) in [6, 6.07) is 19.6. The summed E-state index contributed by atoms with van der Waals surface area (Å²) in [5, 5.41) is 6.81. The van der Waals surface area contributed by atoms with E-state index in [2.05, 4.69) is 15.3 Å². The zero-order chi connectivity index (χ0) is 17.1. The smallest absolute Gasteiger partial charge is 0.230 e. The Kier molecular flexibility index (Phi) is 4.23. The van der Waals surface area contributed by atoms with Crippen molar-refractivity contribution in [3.05, 3.63) is 77.9 Å². The third kappa shape index (κ3) is 3.41. The molecule has 0 aliphatic heterocycles. The lowest BCUT2D eigenvalue weighted by atomic mass is 10.2. The van der Waals surface area contributed by atoms with Crippen LogP contribution in [-0.2, 0) is 11.2 Å². The van der Waals surface area contributed by atoms with Gasteiger partial charge in [-0.3, -0.25) is 9.78 Å². The van der Waals surface area contributed by atoms with Gasteiger partial charge in [0, 0.05) is 22.5 Å². The van der Waals surface area contributed by atoms with Crippen molar-refractivity contribution >= 4 is 33.8 Å². The first-order chi connectivity index (χ1) is 12.3. The topological polar surface area (TPSA) is 54.9 Å². The number of thiazole rings is 1. The number of rotatable bonds is 4. The van der Waals surface area contributed by atoms with Gasteiger partial charge in [0.1, 0.15) is 5.01 Å². The van der Waals surface area contributed by atoms with E-state index in [1.165, 1.54) is 0 Å². The minimum Gasteiger partial charge on any atom is -0.324 e. The minimum atomic E-state index is -0.0944. The number of nitrogens with one attached hydrogen (secondary N) is 1. The summed E-state index contributed by atoms with van der Waals surface area (Å²) in [5.74, 6) is -0.0944. The maximum atomic E-state index is 12.4. The van der Waals surface area contributed by atoms with Gasteiger partial charge in [-0.15, -0.1) is 11.3 Å². The van der Waals surface area contributed by atoms with Gasteiger partial charge in [-0.2, -0.15) is 0 Å². The van der Waals surface area contributed by atoms with Crippen LogP contribution < -0.4 is 5.32 Å². The molecule has 1 N–H and O–H groups in total. The number of amides is 1. The summed E-state index contributed by atoms with van der Waals surface area (Å²) in [6.45, 7) is 0. The zero-order valence-corrected chi connectivity index (χ0v) is 14.2. The molecular weight excluding hydrogens is 330 g/mol. The van der Waals surface area contributed by atoms with Gasteiger partial charge in [0.2, 0.25) is 5.91 Å². The predicted molar refractivity (Wildman–Crippen MR) is 102 cm³/mol.